The summed E-state index contributed by atoms with van der Waals surface area (Å²) in [5, 5.41) is 0. The van der Waals surface area contributed by atoms with Gasteiger partial charge in [-0.1, -0.05) is 42.5 Å². The van der Waals surface area contributed by atoms with E-state index in [1.54, 1.807) is 30.3 Å². The van der Waals surface area contributed by atoms with E-state index in [-0.39, 0.29) is 12.4 Å². The predicted octanol–water partition coefficient (Wildman–Crippen LogP) is 6.32. The summed E-state index contributed by atoms with van der Waals surface area (Å²) in [4.78, 5) is 14.2. The smallest absolute Gasteiger partial charge is 0.411 e. The third-order valence-electron chi connectivity index (χ3n) is 4.38. The molecule has 0 bridgehead atoms. The molecule has 0 radical (unpaired) electrons. The van der Waals surface area contributed by atoms with Gasteiger partial charge in [-0.15, -0.1) is 11.3 Å². The highest BCUT2D eigenvalue weighted by molar-refractivity contribution is 7.14. The molecule has 0 amide bonds. The van der Waals surface area contributed by atoms with Crippen LogP contribution in [0.5, 0.6) is 5.75 Å². The lowest BCUT2D eigenvalue weighted by Crippen LogP contribution is -2.16. The highest BCUT2D eigenvalue weighted by atomic mass is 32.1. The van der Waals surface area contributed by atoms with E-state index >= 15 is 0 Å². The van der Waals surface area contributed by atoms with Gasteiger partial charge in [-0.2, -0.15) is 13.2 Å². The van der Waals surface area contributed by atoms with Crippen LogP contribution in [0.4, 0.5) is 13.2 Å². The van der Waals surface area contributed by atoms with Crippen molar-refractivity contribution < 1.29 is 27.4 Å². The minimum Gasteiger partial charge on any atom is -0.496 e. The topological polar surface area (TPSA) is 35.5 Å². The molecule has 0 aliphatic rings. The van der Waals surface area contributed by atoms with E-state index in [0.29, 0.717) is 21.8 Å². The molecule has 0 aliphatic heterocycles. The number of carbonyl (C=O) groups is 1. The summed E-state index contributed by atoms with van der Waals surface area (Å²) in [7, 11) is 1.44. The van der Waals surface area contributed by atoms with Gasteiger partial charge in [-0.05, 0) is 41.5 Å². The normalized spacial score (nSPS) is 11.7. The fraction of sp³-hybridized carbons (Fsp3) is 0.208. The molecule has 3 nitrogen and oxygen atoms in total. The third kappa shape index (κ3) is 7.08. The third-order valence-corrected chi connectivity index (χ3v) is 5.48. The number of methoxy groups -OCH3 is 1. The van der Waals surface area contributed by atoms with Crippen LogP contribution in [0.3, 0.4) is 0 Å². The Morgan fingerprint density at radius 2 is 1.84 bits per heavy atom. The minimum atomic E-state index is -4.39. The molecule has 1 aromatic heterocycles. The fourth-order valence-corrected chi connectivity index (χ4v) is 3.91. The maximum absolute atomic E-state index is 12.5. The lowest BCUT2D eigenvalue weighted by Gasteiger charge is -2.11. The number of alkyl halides is 3. The first kappa shape index (κ1) is 22.8. The predicted molar refractivity (Wildman–Crippen MR) is 116 cm³/mol. The molecule has 7 heteroatoms. The first-order valence-corrected chi connectivity index (χ1v) is 10.3. The molecule has 0 saturated heterocycles. The second-order valence-electron chi connectivity index (χ2n) is 6.81. The zero-order chi connectivity index (χ0) is 22.3. The van der Waals surface area contributed by atoms with Gasteiger partial charge in [0.15, 0.2) is 5.78 Å². The molecule has 0 unspecified atom stereocenters. The second-order valence-corrected chi connectivity index (χ2v) is 7.97. The summed E-state index contributed by atoms with van der Waals surface area (Å²) in [5.41, 5.74) is 2.32. The Bertz CT molecular complexity index is 1040. The van der Waals surface area contributed by atoms with E-state index in [2.05, 4.69) is 0 Å². The number of allylic oxidation sites excluding steroid dienone is 1. The number of hydrogen-bond donors (Lipinski definition) is 0. The van der Waals surface area contributed by atoms with Gasteiger partial charge in [0.2, 0.25) is 0 Å². The molecule has 0 N–H and O–H groups in total. The Balaban J connectivity index is 1.65. The molecule has 0 aliphatic carbocycles. The van der Waals surface area contributed by atoms with Gasteiger partial charge in [-0.25, -0.2) is 0 Å². The van der Waals surface area contributed by atoms with Crippen LogP contribution >= 0.6 is 11.3 Å². The Hall–Kier alpha value is -2.90. The van der Waals surface area contributed by atoms with E-state index < -0.39 is 12.8 Å². The molecular formula is C24H21F3O3S. The molecule has 0 atom stereocenters. The van der Waals surface area contributed by atoms with Crippen LogP contribution < -0.4 is 4.74 Å². The first-order valence-electron chi connectivity index (χ1n) is 9.50. The lowest BCUT2D eigenvalue weighted by atomic mass is 10.1. The van der Waals surface area contributed by atoms with Crippen LogP contribution in [-0.4, -0.2) is 25.7 Å². The SMILES string of the molecule is COc1ccc(/C=C/C(=O)c2ccc(Cc3ccccc3)s2)cc1COCC(F)(F)F. The quantitative estimate of drug-likeness (QED) is 0.285. The van der Waals surface area contributed by atoms with Crippen molar-refractivity contribution in [3.05, 3.63) is 93.2 Å². The van der Waals surface area contributed by atoms with Gasteiger partial charge < -0.3 is 9.47 Å². The molecule has 162 valence electrons. The Labute approximate surface area is 182 Å². The fourth-order valence-electron chi connectivity index (χ4n) is 2.95. The number of hydrogen-bond acceptors (Lipinski definition) is 4. The summed E-state index contributed by atoms with van der Waals surface area (Å²) in [6.45, 7) is -1.58. The molecule has 0 spiro atoms. The zero-order valence-electron chi connectivity index (χ0n) is 16.8. The van der Waals surface area contributed by atoms with E-state index in [1.807, 2.05) is 36.4 Å². The summed E-state index contributed by atoms with van der Waals surface area (Å²) >= 11 is 1.45. The van der Waals surface area contributed by atoms with Crippen LogP contribution in [0.25, 0.3) is 6.08 Å². The molecule has 2 aromatic carbocycles. The average molecular weight is 446 g/mol. The number of rotatable bonds is 9. The van der Waals surface area contributed by atoms with Crippen molar-refractivity contribution in [1.29, 1.82) is 0 Å². The monoisotopic (exact) mass is 446 g/mol. The lowest BCUT2D eigenvalue weighted by molar-refractivity contribution is -0.176. The zero-order valence-corrected chi connectivity index (χ0v) is 17.6. The van der Waals surface area contributed by atoms with Crippen molar-refractivity contribution in [2.75, 3.05) is 13.7 Å². The molecule has 3 rings (SSSR count). The van der Waals surface area contributed by atoms with Crippen molar-refractivity contribution in [3.8, 4) is 5.75 Å². The summed E-state index contributed by atoms with van der Waals surface area (Å²) < 4.78 is 46.8. The molecular weight excluding hydrogens is 425 g/mol. The van der Waals surface area contributed by atoms with Crippen molar-refractivity contribution in [2.24, 2.45) is 0 Å². The van der Waals surface area contributed by atoms with Gasteiger partial charge in [-0.3, -0.25) is 4.79 Å². The average Bonchev–Trinajstić information content (AvgIpc) is 3.20. The van der Waals surface area contributed by atoms with E-state index in [9.17, 15) is 18.0 Å². The van der Waals surface area contributed by atoms with Gasteiger partial charge >= 0.3 is 6.18 Å². The first-order chi connectivity index (χ1) is 14.8. The number of ether oxygens (including phenoxy) is 2. The molecule has 3 aromatic rings. The molecule has 1 heterocycles. The van der Waals surface area contributed by atoms with Crippen LogP contribution in [-0.2, 0) is 17.8 Å². The minimum absolute atomic E-state index is 0.130. The van der Waals surface area contributed by atoms with Crippen LogP contribution in [0, 0.1) is 0 Å². The number of ketones is 1. The number of benzene rings is 2. The molecule has 0 saturated carbocycles. The Kier molecular flexibility index (Phi) is 7.65. The summed E-state index contributed by atoms with van der Waals surface area (Å²) in [6, 6.07) is 18.8. The number of carbonyl (C=O) groups excluding carboxylic acids is 1. The maximum Gasteiger partial charge on any atom is 0.411 e. The largest absolute Gasteiger partial charge is 0.496 e. The molecule has 0 fully saturated rings. The van der Waals surface area contributed by atoms with Gasteiger partial charge in [0.1, 0.15) is 12.4 Å². The van der Waals surface area contributed by atoms with Crippen molar-refractivity contribution in [2.45, 2.75) is 19.2 Å². The van der Waals surface area contributed by atoms with Gasteiger partial charge in [0.05, 0.1) is 18.6 Å². The Morgan fingerprint density at radius 3 is 2.55 bits per heavy atom. The second kappa shape index (κ2) is 10.4. The van der Waals surface area contributed by atoms with E-state index in [4.69, 9.17) is 9.47 Å². The van der Waals surface area contributed by atoms with Gasteiger partial charge in [0.25, 0.3) is 0 Å². The maximum atomic E-state index is 12.5. The van der Waals surface area contributed by atoms with Crippen LogP contribution in [0.15, 0.2) is 66.7 Å². The highest BCUT2D eigenvalue weighted by Crippen LogP contribution is 2.24. The highest BCUT2D eigenvalue weighted by Gasteiger charge is 2.27. The van der Waals surface area contributed by atoms with Crippen molar-refractivity contribution in [1.82, 2.24) is 0 Å². The number of halogens is 3. The van der Waals surface area contributed by atoms with Gasteiger partial charge in [0, 0.05) is 16.9 Å². The van der Waals surface area contributed by atoms with Crippen molar-refractivity contribution >= 4 is 23.2 Å². The standard InChI is InChI=1S/C24H21F3O3S/c1-29-22-11-8-18(13-19(22)15-30-16-24(25,26)27)7-10-21(28)23-12-9-20(31-23)14-17-5-3-2-4-6-17/h2-13H,14-16H2,1H3/b10-7+. The molecule has 31 heavy (non-hydrogen) atoms. The Morgan fingerprint density at radius 1 is 1.06 bits per heavy atom. The summed E-state index contributed by atoms with van der Waals surface area (Å²) in [5.74, 6) is 0.296. The van der Waals surface area contributed by atoms with Crippen molar-refractivity contribution in [3.63, 3.8) is 0 Å². The number of thiophene rings is 1. The van der Waals surface area contributed by atoms with Crippen LogP contribution in [0.1, 0.15) is 31.2 Å². The van der Waals surface area contributed by atoms with E-state index in [1.165, 1.54) is 30.1 Å². The van der Waals surface area contributed by atoms with Crippen LogP contribution in [0.2, 0.25) is 0 Å². The van der Waals surface area contributed by atoms with E-state index in [0.717, 1.165) is 11.3 Å². The summed E-state index contributed by atoms with van der Waals surface area (Å²) in [6.07, 6.45) is -0.536.